The Balaban J connectivity index is 1.83. The molecule has 1 aromatic rings. The SMILES string of the molecule is CCOc1ccccc1NC(=O)C1C2C=CC(CC2)C1C(=O)O. The number of ether oxygens (including phenoxy) is 1. The van der Waals surface area contributed by atoms with Gasteiger partial charge in [-0.1, -0.05) is 24.3 Å². The Bertz CT molecular complexity index is 640. The van der Waals surface area contributed by atoms with Crippen molar-refractivity contribution in [2.45, 2.75) is 19.8 Å². The second-order valence-electron chi connectivity index (χ2n) is 6.10. The Morgan fingerprint density at radius 1 is 1.17 bits per heavy atom. The van der Waals surface area contributed by atoms with Gasteiger partial charge in [0.05, 0.1) is 24.1 Å². The maximum absolute atomic E-state index is 12.8. The monoisotopic (exact) mass is 315 g/mol. The third-order valence-corrected chi connectivity index (χ3v) is 4.78. The van der Waals surface area contributed by atoms with Crippen LogP contribution in [0.25, 0.3) is 0 Å². The van der Waals surface area contributed by atoms with Gasteiger partial charge < -0.3 is 15.2 Å². The summed E-state index contributed by atoms with van der Waals surface area (Å²) in [6.07, 6.45) is 5.69. The first kappa shape index (κ1) is 15.6. The molecule has 0 spiro atoms. The number of hydrogen-bond donors (Lipinski definition) is 2. The van der Waals surface area contributed by atoms with E-state index >= 15 is 0 Å². The third kappa shape index (κ3) is 2.96. The number of para-hydroxylation sites is 2. The van der Waals surface area contributed by atoms with E-state index in [1.807, 2.05) is 31.2 Å². The Kier molecular flexibility index (Phi) is 4.37. The number of carbonyl (C=O) groups is 2. The molecule has 2 bridgehead atoms. The number of aliphatic carboxylic acids is 1. The maximum atomic E-state index is 12.8. The lowest BCUT2D eigenvalue weighted by molar-refractivity contribution is -0.151. The van der Waals surface area contributed by atoms with Crippen molar-refractivity contribution >= 4 is 17.6 Å². The van der Waals surface area contributed by atoms with E-state index in [0.717, 1.165) is 12.8 Å². The fourth-order valence-corrected chi connectivity index (χ4v) is 3.76. The largest absolute Gasteiger partial charge is 0.492 e. The number of nitrogens with one attached hydrogen (secondary N) is 1. The van der Waals surface area contributed by atoms with E-state index in [1.165, 1.54) is 0 Å². The van der Waals surface area contributed by atoms with E-state index in [-0.39, 0.29) is 17.7 Å². The minimum Gasteiger partial charge on any atom is -0.492 e. The molecule has 23 heavy (non-hydrogen) atoms. The number of fused-ring (bicyclic) bond motifs is 2. The van der Waals surface area contributed by atoms with Gasteiger partial charge in [-0.05, 0) is 43.7 Å². The van der Waals surface area contributed by atoms with E-state index in [4.69, 9.17) is 4.74 Å². The van der Waals surface area contributed by atoms with Gasteiger partial charge in [0.25, 0.3) is 0 Å². The van der Waals surface area contributed by atoms with Gasteiger partial charge in [-0.2, -0.15) is 0 Å². The number of carboxylic acids is 1. The van der Waals surface area contributed by atoms with Crippen molar-refractivity contribution in [3.8, 4) is 5.75 Å². The molecule has 1 aromatic carbocycles. The molecule has 0 saturated heterocycles. The average molecular weight is 315 g/mol. The number of hydrogen-bond acceptors (Lipinski definition) is 3. The normalized spacial score (nSPS) is 28.4. The van der Waals surface area contributed by atoms with Crippen molar-refractivity contribution in [3.05, 3.63) is 36.4 Å². The number of benzene rings is 1. The van der Waals surface area contributed by atoms with Crippen LogP contribution in [0, 0.1) is 23.7 Å². The molecule has 4 atom stereocenters. The summed E-state index contributed by atoms with van der Waals surface area (Å²) in [6, 6.07) is 7.22. The fourth-order valence-electron chi connectivity index (χ4n) is 3.76. The summed E-state index contributed by atoms with van der Waals surface area (Å²) in [5.74, 6) is -1.72. The molecule has 1 amide bonds. The molecule has 3 aliphatic rings. The standard InChI is InChI=1S/C18H21NO4/c1-2-23-14-6-4-3-5-13(14)19-17(20)15-11-7-9-12(10-8-11)16(15)18(21)22/h3-7,9,11-12,15-16H,2,8,10H2,1H3,(H,19,20)(H,21,22). The zero-order valence-corrected chi connectivity index (χ0v) is 13.1. The predicted molar refractivity (Wildman–Crippen MR) is 86.2 cm³/mol. The average Bonchev–Trinajstić information content (AvgIpc) is 2.57. The summed E-state index contributed by atoms with van der Waals surface area (Å²) in [5, 5.41) is 12.4. The molecule has 3 aliphatic carbocycles. The zero-order chi connectivity index (χ0) is 16.4. The van der Waals surface area contributed by atoms with Crippen molar-refractivity contribution in [2.75, 3.05) is 11.9 Å². The van der Waals surface area contributed by atoms with Crippen LogP contribution in [0.1, 0.15) is 19.8 Å². The van der Waals surface area contributed by atoms with Crippen LogP contribution in [0.3, 0.4) is 0 Å². The minimum atomic E-state index is -0.887. The number of amides is 1. The van der Waals surface area contributed by atoms with Crippen LogP contribution in [-0.4, -0.2) is 23.6 Å². The number of allylic oxidation sites excluding steroid dienone is 2. The van der Waals surface area contributed by atoms with Crippen molar-refractivity contribution in [1.29, 1.82) is 0 Å². The lowest BCUT2D eigenvalue weighted by Gasteiger charge is -2.41. The van der Waals surface area contributed by atoms with Crippen LogP contribution >= 0.6 is 0 Å². The molecule has 4 rings (SSSR count). The zero-order valence-electron chi connectivity index (χ0n) is 13.1. The first-order valence-electron chi connectivity index (χ1n) is 8.05. The quantitative estimate of drug-likeness (QED) is 0.819. The minimum absolute atomic E-state index is 0.000329. The van der Waals surface area contributed by atoms with Crippen molar-refractivity contribution in [3.63, 3.8) is 0 Å². The summed E-state index contributed by atoms with van der Waals surface area (Å²) in [4.78, 5) is 24.4. The van der Waals surface area contributed by atoms with Crippen LogP contribution in [0.4, 0.5) is 5.69 Å². The van der Waals surface area contributed by atoms with Crippen molar-refractivity contribution < 1.29 is 19.4 Å². The maximum Gasteiger partial charge on any atom is 0.307 e. The molecular formula is C18H21NO4. The topological polar surface area (TPSA) is 75.6 Å². The van der Waals surface area contributed by atoms with Gasteiger partial charge >= 0.3 is 5.97 Å². The molecule has 0 radical (unpaired) electrons. The van der Waals surface area contributed by atoms with Crippen molar-refractivity contribution in [1.82, 2.24) is 0 Å². The molecule has 0 heterocycles. The Morgan fingerprint density at radius 3 is 2.43 bits per heavy atom. The van der Waals surface area contributed by atoms with Crippen LogP contribution in [0.15, 0.2) is 36.4 Å². The highest BCUT2D eigenvalue weighted by Gasteiger charge is 2.48. The Morgan fingerprint density at radius 2 is 1.83 bits per heavy atom. The lowest BCUT2D eigenvalue weighted by atomic mass is 9.62. The van der Waals surface area contributed by atoms with Gasteiger partial charge in [0.1, 0.15) is 5.75 Å². The second kappa shape index (κ2) is 6.44. The van der Waals surface area contributed by atoms with Crippen LogP contribution in [0.5, 0.6) is 5.75 Å². The van der Waals surface area contributed by atoms with E-state index in [1.54, 1.807) is 12.1 Å². The van der Waals surface area contributed by atoms with E-state index in [0.29, 0.717) is 18.0 Å². The Hall–Kier alpha value is -2.30. The molecule has 1 saturated carbocycles. The van der Waals surface area contributed by atoms with Crippen LogP contribution in [-0.2, 0) is 9.59 Å². The number of rotatable bonds is 5. The molecule has 5 heteroatoms. The van der Waals surface area contributed by atoms with Gasteiger partial charge in [-0.15, -0.1) is 0 Å². The number of anilines is 1. The predicted octanol–water partition coefficient (Wildman–Crippen LogP) is 2.94. The summed E-state index contributed by atoms with van der Waals surface area (Å²) >= 11 is 0. The highest BCUT2D eigenvalue weighted by molar-refractivity contribution is 5.97. The molecule has 1 fully saturated rings. The van der Waals surface area contributed by atoms with Gasteiger partial charge in [0.2, 0.25) is 5.91 Å². The van der Waals surface area contributed by atoms with E-state index in [9.17, 15) is 14.7 Å². The van der Waals surface area contributed by atoms with Gasteiger partial charge in [0.15, 0.2) is 0 Å². The lowest BCUT2D eigenvalue weighted by Crippen LogP contribution is -2.47. The summed E-state index contributed by atoms with van der Waals surface area (Å²) in [7, 11) is 0. The van der Waals surface area contributed by atoms with Crippen LogP contribution < -0.4 is 10.1 Å². The molecule has 4 unspecified atom stereocenters. The molecule has 0 aromatic heterocycles. The highest BCUT2D eigenvalue weighted by atomic mass is 16.5. The summed E-state index contributed by atoms with van der Waals surface area (Å²) in [5.41, 5.74) is 0.592. The summed E-state index contributed by atoms with van der Waals surface area (Å²) < 4.78 is 5.52. The molecule has 2 N–H and O–H groups in total. The molecule has 5 nitrogen and oxygen atoms in total. The fraction of sp³-hybridized carbons (Fsp3) is 0.444. The van der Waals surface area contributed by atoms with Crippen molar-refractivity contribution in [2.24, 2.45) is 23.7 Å². The van der Waals surface area contributed by atoms with Crippen LogP contribution in [0.2, 0.25) is 0 Å². The summed E-state index contributed by atoms with van der Waals surface area (Å²) in [6.45, 7) is 2.38. The number of carboxylic acid groups (broad SMARTS) is 1. The first-order valence-corrected chi connectivity index (χ1v) is 8.05. The highest BCUT2D eigenvalue weighted by Crippen LogP contribution is 2.45. The number of carbonyl (C=O) groups excluding carboxylic acids is 1. The van der Waals surface area contributed by atoms with Gasteiger partial charge in [-0.25, -0.2) is 0 Å². The first-order chi connectivity index (χ1) is 11.1. The molecular weight excluding hydrogens is 294 g/mol. The smallest absolute Gasteiger partial charge is 0.307 e. The molecule has 122 valence electrons. The van der Waals surface area contributed by atoms with E-state index in [2.05, 4.69) is 5.32 Å². The Labute approximate surface area is 135 Å². The van der Waals surface area contributed by atoms with Gasteiger partial charge in [-0.3, -0.25) is 9.59 Å². The third-order valence-electron chi connectivity index (χ3n) is 4.78. The second-order valence-corrected chi connectivity index (χ2v) is 6.10. The van der Waals surface area contributed by atoms with E-state index < -0.39 is 17.8 Å². The van der Waals surface area contributed by atoms with Gasteiger partial charge in [0, 0.05) is 0 Å². The molecule has 0 aliphatic heterocycles.